The van der Waals surface area contributed by atoms with Gasteiger partial charge >= 0.3 is 0 Å². The summed E-state index contributed by atoms with van der Waals surface area (Å²) in [5.41, 5.74) is 1.30. The molecule has 88 valence electrons. The second-order valence-corrected chi connectivity index (χ2v) is 5.60. The highest BCUT2D eigenvalue weighted by Crippen LogP contribution is 2.35. The smallest absolute Gasteiger partial charge is 0.299 e. The van der Waals surface area contributed by atoms with Crippen LogP contribution in [-0.2, 0) is 4.79 Å². The van der Waals surface area contributed by atoms with E-state index in [2.05, 4.69) is 15.9 Å². The van der Waals surface area contributed by atoms with Gasteiger partial charge in [0, 0.05) is 11.0 Å². The lowest BCUT2D eigenvalue weighted by Crippen LogP contribution is -2.30. The first kappa shape index (κ1) is 11.0. The van der Waals surface area contributed by atoms with Gasteiger partial charge < -0.3 is 4.90 Å². The molecule has 0 aromatic heterocycles. The number of fused-ring (bicyclic) bond motifs is 1. The fourth-order valence-electron chi connectivity index (χ4n) is 2.21. The average Bonchev–Trinajstić information content (AvgIpc) is 3.10. The fraction of sp³-hybridized carbons (Fsp3) is 0.385. The molecule has 17 heavy (non-hydrogen) atoms. The number of halogens is 1. The van der Waals surface area contributed by atoms with E-state index in [1.807, 2.05) is 12.1 Å². The minimum absolute atomic E-state index is 0.376. The molecule has 2 aliphatic rings. The van der Waals surface area contributed by atoms with Crippen molar-refractivity contribution in [1.29, 1.82) is 0 Å². The Morgan fingerprint density at radius 1 is 1.29 bits per heavy atom. The summed E-state index contributed by atoms with van der Waals surface area (Å²) in [5, 5.41) is 0. The molecule has 1 aliphatic carbocycles. The number of carbonyl (C=O) groups is 2. The van der Waals surface area contributed by atoms with Crippen molar-refractivity contribution in [3.8, 4) is 0 Å². The maximum Gasteiger partial charge on any atom is 0.299 e. The monoisotopic (exact) mass is 293 g/mol. The summed E-state index contributed by atoms with van der Waals surface area (Å²) >= 11 is 3.32. The van der Waals surface area contributed by atoms with Crippen LogP contribution < -0.4 is 4.90 Å². The third-order valence-corrected chi connectivity index (χ3v) is 3.88. The molecular formula is C13H12BrNO2. The van der Waals surface area contributed by atoms with E-state index in [0.717, 1.165) is 22.5 Å². The second-order valence-electron chi connectivity index (χ2n) is 4.68. The molecule has 0 spiro atoms. The highest BCUT2D eigenvalue weighted by molar-refractivity contribution is 9.10. The van der Waals surface area contributed by atoms with E-state index < -0.39 is 0 Å². The maximum atomic E-state index is 11.9. The van der Waals surface area contributed by atoms with Crippen molar-refractivity contribution in [1.82, 2.24) is 0 Å². The molecule has 0 atom stereocenters. The number of hydrogen-bond donors (Lipinski definition) is 0. The summed E-state index contributed by atoms with van der Waals surface area (Å²) in [4.78, 5) is 25.3. The van der Waals surface area contributed by atoms with Gasteiger partial charge in [-0.2, -0.15) is 0 Å². The molecule has 1 aromatic carbocycles. The van der Waals surface area contributed by atoms with E-state index in [9.17, 15) is 9.59 Å². The zero-order valence-corrected chi connectivity index (χ0v) is 10.9. The Balaban J connectivity index is 1.89. The molecule has 0 bridgehead atoms. The lowest BCUT2D eigenvalue weighted by atomic mass is 10.1. The number of rotatable bonds is 3. The Labute approximate surface area is 108 Å². The van der Waals surface area contributed by atoms with Crippen molar-refractivity contribution in [2.24, 2.45) is 5.92 Å². The van der Waals surface area contributed by atoms with Gasteiger partial charge in [-0.1, -0.05) is 28.8 Å². The number of amides is 1. The van der Waals surface area contributed by atoms with Gasteiger partial charge in [-0.25, -0.2) is 0 Å². The summed E-state index contributed by atoms with van der Waals surface area (Å²) in [6.45, 7) is 0.671. The molecule has 0 N–H and O–H groups in total. The van der Waals surface area contributed by atoms with Crippen LogP contribution in [0.5, 0.6) is 0 Å². The van der Waals surface area contributed by atoms with Gasteiger partial charge in [0.05, 0.1) is 11.3 Å². The lowest BCUT2D eigenvalue weighted by Gasteiger charge is -2.15. The largest absolute Gasteiger partial charge is 0.305 e. The van der Waals surface area contributed by atoms with Crippen LogP contribution in [0, 0.1) is 5.92 Å². The number of benzene rings is 1. The predicted molar refractivity (Wildman–Crippen MR) is 68.2 cm³/mol. The van der Waals surface area contributed by atoms with Crippen LogP contribution in [-0.4, -0.2) is 18.2 Å². The SMILES string of the molecule is O=C1C(=O)N(CCC2CC2)c2ccc(Br)cc21. The summed E-state index contributed by atoms with van der Waals surface area (Å²) in [6, 6.07) is 5.44. The Morgan fingerprint density at radius 2 is 2.06 bits per heavy atom. The summed E-state index contributed by atoms with van der Waals surface area (Å²) < 4.78 is 0.835. The van der Waals surface area contributed by atoms with Crippen LogP contribution in [0.4, 0.5) is 5.69 Å². The van der Waals surface area contributed by atoms with E-state index in [1.165, 1.54) is 12.8 Å². The van der Waals surface area contributed by atoms with Gasteiger partial charge in [-0.3, -0.25) is 9.59 Å². The molecule has 1 amide bonds. The van der Waals surface area contributed by atoms with Crippen molar-refractivity contribution >= 4 is 33.3 Å². The van der Waals surface area contributed by atoms with Crippen LogP contribution in [0.3, 0.4) is 0 Å². The molecule has 1 fully saturated rings. The van der Waals surface area contributed by atoms with Crippen molar-refractivity contribution in [3.63, 3.8) is 0 Å². The molecule has 1 heterocycles. The van der Waals surface area contributed by atoms with Gasteiger partial charge in [0.15, 0.2) is 0 Å². The van der Waals surface area contributed by atoms with Gasteiger partial charge in [0.25, 0.3) is 11.7 Å². The van der Waals surface area contributed by atoms with Crippen LogP contribution in [0.2, 0.25) is 0 Å². The number of hydrogen-bond acceptors (Lipinski definition) is 2. The van der Waals surface area contributed by atoms with Gasteiger partial charge in [0.1, 0.15) is 0 Å². The lowest BCUT2D eigenvalue weighted by molar-refractivity contribution is -0.114. The Kier molecular flexibility index (Phi) is 2.54. The number of Topliss-reactive ketones (excluding diaryl/α,β-unsaturated/α-hetero) is 1. The van der Waals surface area contributed by atoms with E-state index >= 15 is 0 Å². The number of carbonyl (C=O) groups excluding carboxylic acids is 2. The van der Waals surface area contributed by atoms with Crippen LogP contribution in [0.25, 0.3) is 0 Å². The van der Waals surface area contributed by atoms with Crippen LogP contribution >= 0.6 is 15.9 Å². The molecule has 4 heteroatoms. The summed E-state index contributed by atoms with van der Waals surface area (Å²) in [5.74, 6) is 0.00764. The third-order valence-electron chi connectivity index (χ3n) is 3.39. The van der Waals surface area contributed by atoms with Gasteiger partial charge in [-0.15, -0.1) is 0 Å². The molecule has 3 nitrogen and oxygen atoms in total. The topological polar surface area (TPSA) is 37.4 Å². The number of ketones is 1. The standard InChI is InChI=1S/C13H12BrNO2/c14-9-3-4-11-10(7-9)12(16)13(17)15(11)6-5-8-1-2-8/h3-4,7-8H,1-2,5-6H2. The minimum atomic E-state index is -0.378. The minimum Gasteiger partial charge on any atom is -0.305 e. The second kappa shape index (κ2) is 3.95. The highest BCUT2D eigenvalue weighted by Gasteiger charge is 2.36. The molecule has 1 aromatic rings. The molecular weight excluding hydrogens is 282 g/mol. The van der Waals surface area contributed by atoms with E-state index in [-0.39, 0.29) is 11.7 Å². The first-order chi connectivity index (χ1) is 8.16. The van der Waals surface area contributed by atoms with E-state index in [1.54, 1.807) is 11.0 Å². The van der Waals surface area contributed by atoms with Crippen molar-refractivity contribution < 1.29 is 9.59 Å². The normalized spacial score (nSPS) is 18.8. The average molecular weight is 294 g/mol. The molecule has 0 radical (unpaired) electrons. The van der Waals surface area contributed by atoms with Crippen molar-refractivity contribution in [3.05, 3.63) is 28.2 Å². The summed E-state index contributed by atoms with van der Waals surface area (Å²) in [7, 11) is 0. The Hall–Kier alpha value is -1.16. The molecule has 0 unspecified atom stereocenters. The van der Waals surface area contributed by atoms with Crippen LogP contribution in [0.1, 0.15) is 29.6 Å². The van der Waals surface area contributed by atoms with Crippen LogP contribution in [0.15, 0.2) is 22.7 Å². The zero-order valence-electron chi connectivity index (χ0n) is 9.28. The highest BCUT2D eigenvalue weighted by atomic mass is 79.9. The Morgan fingerprint density at radius 3 is 2.76 bits per heavy atom. The molecule has 1 saturated carbocycles. The molecule has 0 saturated heterocycles. The Bertz CT molecular complexity index is 508. The molecule has 1 aliphatic heterocycles. The maximum absolute atomic E-state index is 11.9. The first-order valence-electron chi connectivity index (χ1n) is 5.82. The summed E-state index contributed by atoms with van der Waals surface area (Å²) in [6.07, 6.45) is 3.54. The van der Waals surface area contributed by atoms with Crippen molar-refractivity contribution in [2.75, 3.05) is 11.4 Å². The van der Waals surface area contributed by atoms with E-state index in [0.29, 0.717) is 12.1 Å². The zero-order chi connectivity index (χ0) is 12.0. The van der Waals surface area contributed by atoms with Gasteiger partial charge in [0.2, 0.25) is 0 Å². The first-order valence-corrected chi connectivity index (χ1v) is 6.62. The number of nitrogens with zero attached hydrogens (tertiary/aromatic N) is 1. The fourth-order valence-corrected chi connectivity index (χ4v) is 2.57. The molecule has 3 rings (SSSR count). The predicted octanol–water partition coefficient (Wildman–Crippen LogP) is 2.78. The quantitative estimate of drug-likeness (QED) is 0.804. The third kappa shape index (κ3) is 1.90. The van der Waals surface area contributed by atoms with Gasteiger partial charge in [-0.05, 0) is 30.5 Å². The number of anilines is 1. The van der Waals surface area contributed by atoms with E-state index in [4.69, 9.17) is 0 Å². The van der Waals surface area contributed by atoms with Crippen molar-refractivity contribution in [2.45, 2.75) is 19.3 Å².